The van der Waals surface area contributed by atoms with Gasteiger partial charge in [-0.3, -0.25) is 4.79 Å². The Morgan fingerprint density at radius 1 is 1.42 bits per heavy atom. The molecular weight excluding hydrogens is 266 g/mol. The van der Waals surface area contributed by atoms with E-state index in [0.717, 1.165) is 0 Å². The fourth-order valence-corrected chi connectivity index (χ4v) is 3.34. The van der Waals surface area contributed by atoms with Crippen LogP contribution in [0.3, 0.4) is 0 Å². The first-order chi connectivity index (χ1) is 8.96. The van der Waals surface area contributed by atoms with Gasteiger partial charge >= 0.3 is 5.97 Å². The molecule has 5 nitrogen and oxygen atoms in total. The molecule has 1 atom stereocenters. The van der Waals surface area contributed by atoms with E-state index in [9.17, 15) is 19.8 Å². The van der Waals surface area contributed by atoms with Crippen LogP contribution in [0, 0.1) is 6.92 Å². The van der Waals surface area contributed by atoms with Gasteiger partial charge in [-0.05, 0) is 30.7 Å². The van der Waals surface area contributed by atoms with Gasteiger partial charge < -0.3 is 15.5 Å². The number of hydrogen-bond acceptors (Lipinski definition) is 4. The maximum Gasteiger partial charge on any atom is 0.330 e. The molecule has 2 rings (SSSR count). The van der Waals surface area contributed by atoms with Gasteiger partial charge in [0.15, 0.2) is 0 Å². The minimum absolute atomic E-state index is 0.105. The van der Waals surface area contributed by atoms with E-state index in [0.29, 0.717) is 23.5 Å². The molecule has 1 aromatic rings. The number of phenols is 1. The molecule has 0 radical (unpaired) electrons. The van der Waals surface area contributed by atoms with Gasteiger partial charge in [-0.25, -0.2) is 4.79 Å². The highest BCUT2D eigenvalue weighted by molar-refractivity contribution is 7.99. The van der Waals surface area contributed by atoms with Gasteiger partial charge in [0.25, 0.3) is 5.91 Å². The number of phenolic OH excluding ortho intramolecular Hbond substituents is 1. The number of carboxylic acid groups (broad SMARTS) is 1. The number of aliphatic carboxylic acids is 1. The minimum Gasteiger partial charge on any atom is -0.507 e. The number of carboxylic acids is 1. The summed E-state index contributed by atoms with van der Waals surface area (Å²) in [4.78, 5) is 23.5. The van der Waals surface area contributed by atoms with Crippen molar-refractivity contribution >= 4 is 23.6 Å². The number of nitrogens with one attached hydrogen (secondary N) is 1. The molecule has 1 fully saturated rings. The van der Waals surface area contributed by atoms with Gasteiger partial charge in [0, 0.05) is 5.75 Å². The van der Waals surface area contributed by atoms with E-state index in [1.54, 1.807) is 19.1 Å². The fraction of sp³-hybridized carbons (Fsp3) is 0.385. The standard InChI is InChI=1S/C13H15NO4S/c1-8-3-2-4-9(10(8)15)11(16)14-13(12(17)18)5-6-19-7-13/h2-4,15H,5-7H2,1H3,(H,14,16)(H,17,18). The maximum atomic E-state index is 12.1. The molecule has 1 heterocycles. The number of hydrogen-bond donors (Lipinski definition) is 3. The zero-order chi connectivity index (χ0) is 14.0. The van der Waals surface area contributed by atoms with E-state index in [2.05, 4.69) is 5.32 Å². The molecule has 1 saturated heterocycles. The summed E-state index contributed by atoms with van der Waals surface area (Å²) in [5, 5.41) is 21.7. The van der Waals surface area contributed by atoms with Gasteiger partial charge in [0.05, 0.1) is 5.56 Å². The van der Waals surface area contributed by atoms with Crippen LogP contribution in [0.1, 0.15) is 22.3 Å². The van der Waals surface area contributed by atoms with Crippen LogP contribution in [0.4, 0.5) is 0 Å². The molecule has 0 aliphatic carbocycles. The lowest BCUT2D eigenvalue weighted by Crippen LogP contribution is -2.54. The lowest BCUT2D eigenvalue weighted by Gasteiger charge is -2.24. The van der Waals surface area contributed by atoms with Crippen LogP contribution in [0.25, 0.3) is 0 Å². The average Bonchev–Trinajstić information content (AvgIpc) is 2.82. The molecule has 0 spiro atoms. The Bertz CT molecular complexity index is 523. The Balaban J connectivity index is 2.25. The minimum atomic E-state index is -1.22. The van der Waals surface area contributed by atoms with E-state index in [-0.39, 0.29) is 11.3 Å². The van der Waals surface area contributed by atoms with Gasteiger partial charge in [0.2, 0.25) is 0 Å². The van der Waals surface area contributed by atoms with Crippen LogP contribution in [0.5, 0.6) is 5.75 Å². The first-order valence-corrected chi connectivity index (χ1v) is 7.04. The third-order valence-electron chi connectivity index (χ3n) is 3.27. The topological polar surface area (TPSA) is 86.6 Å². The molecule has 0 bridgehead atoms. The molecular formula is C13H15NO4S. The highest BCUT2D eigenvalue weighted by atomic mass is 32.2. The predicted molar refractivity (Wildman–Crippen MR) is 72.6 cm³/mol. The molecule has 1 aliphatic heterocycles. The number of aryl methyl sites for hydroxylation is 1. The summed E-state index contributed by atoms with van der Waals surface area (Å²) in [7, 11) is 0. The normalized spacial score (nSPS) is 22.2. The number of para-hydroxylation sites is 1. The van der Waals surface area contributed by atoms with E-state index in [1.807, 2.05) is 0 Å². The van der Waals surface area contributed by atoms with Crippen LogP contribution in [0.2, 0.25) is 0 Å². The Morgan fingerprint density at radius 3 is 2.74 bits per heavy atom. The number of rotatable bonds is 3. The number of thioether (sulfide) groups is 1. The quantitative estimate of drug-likeness (QED) is 0.779. The molecule has 1 unspecified atom stereocenters. The first-order valence-electron chi connectivity index (χ1n) is 5.88. The zero-order valence-electron chi connectivity index (χ0n) is 10.5. The smallest absolute Gasteiger partial charge is 0.330 e. The van der Waals surface area contributed by atoms with Crippen LogP contribution >= 0.6 is 11.8 Å². The van der Waals surface area contributed by atoms with Crippen LogP contribution in [-0.4, -0.2) is 39.1 Å². The number of amides is 1. The van der Waals surface area contributed by atoms with Crippen molar-refractivity contribution in [1.82, 2.24) is 5.32 Å². The molecule has 0 saturated carbocycles. The highest BCUT2D eigenvalue weighted by Gasteiger charge is 2.43. The predicted octanol–water partition coefficient (Wildman–Crippen LogP) is 1.39. The lowest BCUT2D eigenvalue weighted by atomic mass is 9.98. The van der Waals surface area contributed by atoms with Gasteiger partial charge in [0.1, 0.15) is 11.3 Å². The molecule has 0 aromatic heterocycles. The largest absolute Gasteiger partial charge is 0.507 e. The maximum absolute atomic E-state index is 12.1. The number of carbonyl (C=O) groups is 2. The van der Waals surface area contributed by atoms with Crippen molar-refractivity contribution < 1.29 is 19.8 Å². The SMILES string of the molecule is Cc1cccc(C(=O)NC2(C(=O)O)CCSC2)c1O. The third-order valence-corrected chi connectivity index (χ3v) is 4.46. The van der Waals surface area contributed by atoms with E-state index < -0.39 is 17.4 Å². The van der Waals surface area contributed by atoms with Crippen molar-refractivity contribution in [2.24, 2.45) is 0 Å². The number of carbonyl (C=O) groups excluding carboxylic acids is 1. The summed E-state index contributed by atoms with van der Waals surface area (Å²) in [6, 6.07) is 4.82. The summed E-state index contributed by atoms with van der Waals surface area (Å²) in [5.74, 6) is -0.636. The molecule has 19 heavy (non-hydrogen) atoms. The summed E-state index contributed by atoms with van der Waals surface area (Å²) in [6.45, 7) is 1.69. The molecule has 3 N–H and O–H groups in total. The number of benzene rings is 1. The van der Waals surface area contributed by atoms with Crippen molar-refractivity contribution in [1.29, 1.82) is 0 Å². The van der Waals surface area contributed by atoms with Crippen molar-refractivity contribution in [3.05, 3.63) is 29.3 Å². The number of aromatic hydroxyl groups is 1. The Labute approximate surface area is 115 Å². The zero-order valence-corrected chi connectivity index (χ0v) is 11.3. The van der Waals surface area contributed by atoms with Gasteiger partial charge in [-0.15, -0.1) is 0 Å². The first kappa shape index (κ1) is 13.7. The van der Waals surface area contributed by atoms with E-state index >= 15 is 0 Å². The molecule has 102 valence electrons. The second-order valence-corrected chi connectivity index (χ2v) is 5.72. The lowest BCUT2D eigenvalue weighted by molar-refractivity contribution is -0.143. The summed E-state index contributed by atoms with van der Waals surface area (Å²) in [6.07, 6.45) is 0.394. The van der Waals surface area contributed by atoms with Crippen molar-refractivity contribution in [3.8, 4) is 5.75 Å². The molecule has 6 heteroatoms. The molecule has 1 aliphatic rings. The van der Waals surface area contributed by atoms with Crippen LogP contribution in [0.15, 0.2) is 18.2 Å². The van der Waals surface area contributed by atoms with Gasteiger partial charge in [-0.1, -0.05) is 12.1 Å². The molecule has 1 aromatic carbocycles. The summed E-state index contributed by atoms with van der Waals surface area (Å²) in [5.41, 5.74) is -0.534. The highest BCUT2D eigenvalue weighted by Crippen LogP contribution is 2.29. The average molecular weight is 281 g/mol. The fourth-order valence-electron chi connectivity index (χ4n) is 2.01. The van der Waals surface area contributed by atoms with E-state index in [4.69, 9.17) is 0 Å². The monoisotopic (exact) mass is 281 g/mol. The third kappa shape index (κ3) is 2.53. The Hall–Kier alpha value is -1.69. The Kier molecular flexibility index (Phi) is 3.71. The molecule has 1 amide bonds. The van der Waals surface area contributed by atoms with Crippen LogP contribution in [-0.2, 0) is 4.79 Å². The van der Waals surface area contributed by atoms with E-state index in [1.165, 1.54) is 17.8 Å². The van der Waals surface area contributed by atoms with Crippen molar-refractivity contribution in [2.45, 2.75) is 18.9 Å². The Morgan fingerprint density at radius 2 is 2.16 bits per heavy atom. The summed E-state index contributed by atoms with van der Waals surface area (Å²) >= 11 is 1.50. The van der Waals surface area contributed by atoms with Crippen molar-refractivity contribution in [2.75, 3.05) is 11.5 Å². The van der Waals surface area contributed by atoms with Crippen LogP contribution < -0.4 is 5.32 Å². The second-order valence-electron chi connectivity index (χ2n) is 4.62. The summed E-state index contributed by atoms with van der Waals surface area (Å²) < 4.78 is 0. The van der Waals surface area contributed by atoms with Crippen molar-refractivity contribution in [3.63, 3.8) is 0 Å². The van der Waals surface area contributed by atoms with Gasteiger partial charge in [-0.2, -0.15) is 11.8 Å². The second kappa shape index (κ2) is 5.13.